The van der Waals surface area contributed by atoms with Gasteiger partial charge in [-0.1, -0.05) is 42.3 Å². The maximum Gasteiger partial charge on any atom is 0.407 e. The number of benzene rings is 2. The lowest BCUT2D eigenvalue weighted by Crippen LogP contribution is -2.54. The van der Waals surface area contributed by atoms with Crippen molar-refractivity contribution < 1.29 is 32.3 Å². The second-order valence-electron chi connectivity index (χ2n) is 8.08. The Morgan fingerprint density at radius 1 is 1.17 bits per heavy atom. The summed E-state index contributed by atoms with van der Waals surface area (Å²) in [6.45, 7) is -0.614. The summed E-state index contributed by atoms with van der Waals surface area (Å²) in [5, 5.41) is 4.70. The lowest BCUT2D eigenvalue weighted by molar-refractivity contribution is -0.131. The second kappa shape index (κ2) is 11.4. The monoisotopic (exact) mass is 511 g/mol. The van der Waals surface area contributed by atoms with E-state index < -0.39 is 48.3 Å². The van der Waals surface area contributed by atoms with Gasteiger partial charge in [-0.25, -0.2) is 18.0 Å². The van der Waals surface area contributed by atoms with Gasteiger partial charge in [-0.3, -0.25) is 14.5 Å². The predicted molar refractivity (Wildman–Crippen MR) is 124 cm³/mol. The maximum atomic E-state index is 14.5. The van der Waals surface area contributed by atoms with Crippen molar-refractivity contribution in [1.82, 2.24) is 10.6 Å². The third kappa shape index (κ3) is 6.45. The molecule has 3 amide bonds. The second-order valence-corrected chi connectivity index (χ2v) is 8.49. The van der Waals surface area contributed by atoms with Gasteiger partial charge in [-0.15, -0.1) is 0 Å². The zero-order valence-electron chi connectivity index (χ0n) is 18.9. The molecule has 2 N–H and O–H groups in total. The highest BCUT2D eigenvalue weighted by Crippen LogP contribution is 2.36. The molecule has 0 bridgehead atoms. The smallest absolute Gasteiger partial charge is 0.407 e. The van der Waals surface area contributed by atoms with Crippen LogP contribution in [0.3, 0.4) is 0 Å². The first kappa shape index (κ1) is 26.3. The van der Waals surface area contributed by atoms with Crippen LogP contribution in [0, 0.1) is 5.82 Å². The number of alkyl halides is 2. The summed E-state index contributed by atoms with van der Waals surface area (Å²) < 4.78 is 47.7. The van der Waals surface area contributed by atoms with Crippen molar-refractivity contribution in [3.8, 4) is 0 Å². The van der Waals surface area contributed by atoms with Gasteiger partial charge in [0.25, 0.3) is 5.92 Å². The number of anilines is 1. The van der Waals surface area contributed by atoms with Gasteiger partial charge in [0.1, 0.15) is 18.4 Å². The van der Waals surface area contributed by atoms with E-state index in [1.165, 1.54) is 24.3 Å². The number of nitrogens with zero attached hydrogens (tertiary/aromatic N) is 1. The molecule has 0 aromatic heterocycles. The maximum absolute atomic E-state index is 14.5. The number of methoxy groups -OCH3 is 1. The number of carbonyl (C=O) groups is 3. The Balaban J connectivity index is 2.07. The molecular formula is C24H25ClF3N3O4. The fraction of sp³-hybridized carbons (Fsp3) is 0.375. The third-order valence-corrected chi connectivity index (χ3v) is 6.05. The molecule has 7 nitrogen and oxygen atoms in total. The molecule has 11 heteroatoms. The molecule has 2 aromatic rings. The first-order chi connectivity index (χ1) is 16.6. The largest absolute Gasteiger partial charge is 0.453 e. The van der Waals surface area contributed by atoms with Crippen LogP contribution < -0.4 is 15.5 Å². The van der Waals surface area contributed by atoms with E-state index in [1.807, 2.05) is 0 Å². The highest BCUT2D eigenvalue weighted by atomic mass is 35.5. The normalized spacial score (nSPS) is 17.7. The van der Waals surface area contributed by atoms with Gasteiger partial charge in [-0.05, 0) is 37.1 Å². The fourth-order valence-electron chi connectivity index (χ4n) is 3.99. The molecule has 0 saturated heterocycles. The van der Waals surface area contributed by atoms with Crippen LogP contribution in [-0.2, 0) is 14.3 Å². The predicted octanol–water partition coefficient (Wildman–Crippen LogP) is 4.60. The number of nitrogens with one attached hydrogen (secondary N) is 2. The molecule has 2 atom stereocenters. The van der Waals surface area contributed by atoms with Crippen molar-refractivity contribution >= 4 is 35.2 Å². The Morgan fingerprint density at radius 2 is 1.91 bits per heavy atom. The number of hydrogen-bond donors (Lipinski definition) is 2. The van der Waals surface area contributed by atoms with E-state index in [4.69, 9.17) is 11.6 Å². The van der Waals surface area contributed by atoms with E-state index in [1.54, 1.807) is 12.1 Å². The van der Waals surface area contributed by atoms with Crippen LogP contribution in [0.2, 0.25) is 5.02 Å². The summed E-state index contributed by atoms with van der Waals surface area (Å²) >= 11 is 6.35. The lowest BCUT2D eigenvalue weighted by atomic mass is 9.91. The quantitative estimate of drug-likeness (QED) is 0.568. The molecule has 0 unspecified atom stereocenters. The van der Waals surface area contributed by atoms with Gasteiger partial charge in [-0.2, -0.15) is 0 Å². The molecule has 0 radical (unpaired) electrons. The molecule has 0 spiro atoms. The van der Waals surface area contributed by atoms with E-state index in [0.29, 0.717) is 12.8 Å². The Labute approximate surface area is 205 Å². The van der Waals surface area contributed by atoms with E-state index in [2.05, 4.69) is 15.4 Å². The number of ether oxygens (including phenoxy) is 1. The molecule has 1 aliphatic carbocycles. The topological polar surface area (TPSA) is 87.7 Å². The minimum absolute atomic E-state index is 0.0304. The minimum atomic E-state index is -3.13. The Bertz CT molecular complexity index is 1090. The molecule has 0 heterocycles. The van der Waals surface area contributed by atoms with Crippen molar-refractivity contribution in [2.45, 2.75) is 43.7 Å². The number of amides is 3. The summed E-state index contributed by atoms with van der Waals surface area (Å²) in [6, 6.07) is 8.02. The minimum Gasteiger partial charge on any atom is -0.453 e. The molecule has 1 saturated carbocycles. The van der Waals surface area contributed by atoms with Crippen molar-refractivity contribution in [1.29, 1.82) is 0 Å². The third-order valence-electron chi connectivity index (χ3n) is 5.71. The summed E-state index contributed by atoms with van der Waals surface area (Å²) in [6.07, 6.45) is -0.373. The van der Waals surface area contributed by atoms with Crippen LogP contribution in [-0.4, -0.2) is 43.5 Å². The average Bonchev–Trinajstić information content (AvgIpc) is 2.82. The van der Waals surface area contributed by atoms with Gasteiger partial charge in [0.2, 0.25) is 11.8 Å². The van der Waals surface area contributed by atoms with Gasteiger partial charge < -0.3 is 15.4 Å². The molecular weight excluding hydrogens is 487 g/mol. The number of rotatable bonds is 7. The van der Waals surface area contributed by atoms with E-state index in [-0.39, 0.29) is 29.1 Å². The molecule has 1 fully saturated rings. The van der Waals surface area contributed by atoms with E-state index >= 15 is 0 Å². The molecule has 2 aromatic carbocycles. The molecule has 35 heavy (non-hydrogen) atoms. The summed E-state index contributed by atoms with van der Waals surface area (Å²) in [7, 11) is 1.11. The zero-order chi connectivity index (χ0) is 25.6. The van der Waals surface area contributed by atoms with Crippen LogP contribution in [0.25, 0.3) is 0 Å². The van der Waals surface area contributed by atoms with E-state index in [9.17, 15) is 27.6 Å². The standard InChI is InChI=1S/C24H25ClF3N3O4/c1-35-23(34)29-14-20(32)31(16-8-6-7-15(26)13-16)21(17-9-2-3-10-18(17)25)22(33)30-19-11-4-5-12-24(19,27)28/h2-3,6-10,13,19,21H,4-5,11-12,14H2,1H3,(H,29,34)(H,30,33)/t19-,21+/m1/s1. The van der Waals surface area contributed by atoms with Gasteiger partial charge in [0.15, 0.2) is 0 Å². The Hall–Kier alpha value is -3.27. The van der Waals surface area contributed by atoms with Gasteiger partial charge >= 0.3 is 6.09 Å². The molecule has 1 aliphatic rings. The van der Waals surface area contributed by atoms with Crippen molar-refractivity contribution in [3.63, 3.8) is 0 Å². The highest BCUT2D eigenvalue weighted by molar-refractivity contribution is 6.31. The Kier molecular flexibility index (Phi) is 8.61. The number of alkyl carbamates (subject to hydrolysis) is 1. The van der Waals surface area contributed by atoms with Crippen LogP contribution in [0.15, 0.2) is 48.5 Å². The average molecular weight is 512 g/mol. The molecule has 0 aliphatic heterocycles. The van der Waals surface area contributed by atoms with Gasteiger partial charge in [0.05, 0.1) is 13.2 Å². The van der Waals surface area contributed by atoms with E-state index in [0.717, 1.165) is 24.1 Å². The summed E-state index contributed by atoms with van der Waals surface area (Å²) in [5.41, 5.74) is 0.110. The van der Waals surface area contributed by atoms with Gasteiger partial charge in [0, 0.05) is 22.7 Å². The molecule has 188 valence electrons. The zero-order valence-corrected chi connectivity index (χ0v) is 19.7. The van der Waals surface area contributed by atoms with Crippen molar-refractivity contribution in [2.75, 3.05) is 18.6 Å². The lowest BCUT2D eigenvalue weighted by Gasteiger charge is -2.36. The first-order valence-corrected chi connectivity index (χ1v) is 11.3. The molecule has 3 rings (SSSR count). The van der Waals surface area contributed by atoms with Crippen LogP contribution in [0.5, 0.6) is 0 Å². The number of hydrogen-bond acceptors (Lipinski definition) is 4. The van der Waals surface area contributed by atoms with Crippen molar-refractivity contribution in [2.24, 2.45) is 0 Å². The highest BCUT2D eigenvalue weighted by Gasteiger charge is 2.44. The van der Waals surface area contributed by atoms with Crippen molar-refractivity contribution in [3.05, 3.63) is 64.9 Å². The van der Waals surface area contributed by atoms with Crippen LogP contribution in [0.1, 0.15) is 37.3 Å². The van der Waals surface area contributed by atoms with Crippen LogP contribution >= 0.6 is 11.6 Å². The summed E-state index contributed by atoms with van der Waals surface area (Å²) in [5.74, 6) is -5.56. The van der Waals surface area contributed by atoms with Crippen LogP contribution in [0.4, 0.5) is 23.7 Å². The fourth-order valence-corrected chi connectivity index (χ4v) is 4.22. The number of carbonyl (C=O) groups excluding carboxylic acids is 3. The Morgan fingerprint density at radius 3 is 2.57 bits per heavy atom. The number of halogens is 4. The SMILES string of the molecule is COC(=O)NCC(=O)N(c1cccc(F)c1)[C@H](C(=O)N[C@@H]1CCCCC1(F)F)c1ccccc1Cl. The first-order valence-electron chi connectivity index (χ1n) is 11.0. The summed E-state index contributed by atoms with van der Waals surface area (Å²) in [4.78, 5) is 39.3.